The van der Waals surface area contributed by atoms with Crippen molar-refractivity contribution in [2.24, 2.45) is 11.1 Å². The third-order valence-electron chi connectivity index (χ3n) is 5.27. The van der Waals surface area contributed by atoms with E-state index in [0.717, 1.165) is 36.8 Å². The number of rotatable bonds is 6. The molecule has 1 fully saturated rings. The molecular formula is C23H26N4O4. The summed E-state index contributed by atoms with van der Waals surface area (Å²) in [4.78, 5) is 34.2. The van der Waals surface area contributed by atoms with Crippen molar-refractivity contribution >= 4 is 22.6 Å². The Morgan fingerprint density at radius 1 is 1.13 bits per heavy atom. The number of benzene rings is 2. The Labute approximate surface area is 180 Å². The van der Waals surface area contributed by atoms with Gasteiger partial charge in [0.25, 0.3) is 5.56 Å². The quantitative estimate of drug-likeness (QED) is 0.551. The van der Waals surface area contributed by atoms with Gasteiger partial charge in [0, 0.05) is 11.4 Å². The third kappa shape index (κ3) is 5.53. The second kappa shape index (κ2) is 10.5. The number of hydrogen-bond acceptors (Lipinski definition) is 6. The molecule has 0 saturated heterocycles. The van der Waals surface area contributed by atoms with E-state index in [1.807, 2.05) is 32.0 Å². The molecule has 1 aliphatic carbocycles. The molecule has 162 valence electrons. The minimum Gasteiger partial charge on any atom is -0.410 e. The van der Waals surface area contributed by atoms with Crippen LogP contribution in [-0.4, -0.2) is 22.3 Å². The van der Waals surface area contributed by atoms with E-state index in [4.69, 9.17) is 4.74 Å². The Morgan fingerprint density at radius 3 is 2.48 bits per heavy atom. The first kappa shape index (κ1) is 22.1. The molecule has 4 rings (SSSR count). The van der Waals surface area contributed by atoms with E-state index < -0.39 is 6.09 Å². The summed E-state index contributed by atoms with van der Waals surface area (Å²) in [6, 6.07) is 13.6. The van der Waals surface area contributed by atoms with Gasteiger partial charge in [-0.2, -0.15) is 5.10 Å². The zero-order chi connectivity index (χ0) is 22.2. The van der Waals surface area contributed by atoms with E-state index in [-0.39, 0.29) is 17.3 Å². The highest BCUT2D eigenvalue weighted by atomic mass is 16.6. The smallest absolute Gasteiger partial charge is 0.410 e. The Hall–Kier alpha value is -3.55. The van der Waals surface area contributed by atoms with Crippen LogP contribution in [0.2, 0.25) is 0 Å². The van der Waals surface area contributed by atoms with E-state index in [1.165, 1.54) is 24.3 Å². The predicted molar refractivity (Wildman–Crippen MR) is 120 cm³/mol. The van der Waals surface area contributed by atoms with Gasteiger partial charge in [0.2, 0.25) is 0 Å². The van der Waals surface area contributed by atoms with Crippen LogP contribution in [0, 0.1) is 10.8 Å². The first-order valence-corrected chi connectivity index (χ1v) is 10.5. The standard InChI is InChI=1S/C21H20N4O4.C2H6/c26-20-18-4-2-1-3-17(18)19(23-24-20)10-5-13-11-15(12-13)22-21(27)29-16-8-6-14(25-28)7-9-16;1-2/h1-4,6-9,13,15H,5,10-12H2,(H,22,27)(H,24,26);1-2H3. The van der Waals surface area contributed by atoms with Gasteiger partial charge in [-0.15, -0.1) is 4.91 Å². The number of fused-ring (bicyclic) bond motifs is 1. The van der Waals surface area contributed by atoms with Crippen LogP contribution in [0.25, 0.3) is 10.8 Å². The molecule has 1 aliphatic rings. The lowest BCUT2D eigenvalue weighted by atomic mass is 9.77. The molecule has 0 unspecified atom stereocenters. The number of hydrogen-bond donors (Lipinski definition) is 2. The lowest BCUT2D eigenvalue weighted by molar-refractivity contribution is 0.167. The molecule has 1 saturated carbocycles. The molecule has 0 bridgehead atoms. The summed E-state index contributed by atoms with van der Waals surface area (Å²) in [5, 5.41) is 14.0. The minimum atomic E-state index is -0.506. The van der Waals surface area contributed by atoms with Gasteiger partial charge >= 0.3 is 6.09 Å². The Morgan fingerprint density at radius 2 is 1.81 bits per heavy atom. The fourth-order valence-corrected chi connectivity index (χ4v) is 3.67. The Kier molecular flexibility index (Phi) is 7.48. The van der Waals surface area contributed by atoms with Gasteiger partial charge in [-0.3, -0.25) is 4.79 Å². The number of nitroso groups, excluding NO2 is 1. The van der Waals surface area contributed by atoms with Gasteiger partial charge in [-0.1, -0.05) is 32.0 Å². The van der Waals surface area contributed by atoms with Crippen molar-refractivity contribution in [1.82, 2.24) is 15.5 Å². The van der Waals surface area contributed by atoms with Gasteiger partial charge in [0.1, 0.15) is 11.4 Å². The van der Waals surface area contributed by atoms with Crippen molar-refractivity contribution in [3.8, 4) is 5.75 Å². The van der Waals surface area contributed by atoms with E-state index in [9.17, 15) is 14.5 Å². The number of aromatic nitrogens is 2. The SMILES string of the molecule is CC.O=Nc1ccc(OC(=O)NC2CC(CCc3n[nH]c(=O)c4ccccc34)C2)cc1. The summed E-state index contributed by atoms with van der Waals surface area (Å²) in [7, 11) is 0. The number of aromatic amines is 1. The number of amides is 1. The fraction of sp³-hybridized carbons (Fsp3) is 0.348. The first-order chi connectivity index (χ1) is 15.1. The largest absolute Gasteiger partial charge is 0.412 e. The second-order valence-corrected chi connectivity index (χ2v) is 7.24. The molecule has 1 amide bonds. The number of carbonyl (C=O) groups is 1. The maximum Gasteiger partial charge on any atom is 0.412 e. The van der Waals surface area contributed by atoms with Crippen molar-refractivity contribution < 1.29 is 9.53 Å². The monoisotopic (exact) mass is 422 g/mol. The fourth-order valence-electron chi connectivity index (χ4n) is 3.67. The number of nitrogens with zero attached hydrogens (tertiary/aromatic N) is 2. The zero-order valence-corrected chi connectivity index (χ0v) is 17.6. The summed E-state index contributed by atoms with van der Waals surface area (Å²) in [6.07, 6.45) is 2.97. The van der Waals surface area contributed by atoms with Gasteiger partial charge < -0.3 is 10.1 Å². The van der Waals surface area contributed by atoms with Crippen LogP contribution >= 0.6 is 0 Å². The molecule has 2 N–H and O–H groups in total. The molecular weight excluding hydrogens is 396 g/mol. The average Bonchev–Trinajstić information content (AvgIpc) is 2.78. The lowest BCUT2D eigenvalue weighted by Gasteiger charge is -2.35. The number of H-pyrrole nitrogens is 1. The van der Waals surface area contributed by atoms with Crippen LogP contribution in [0.15, 0.2) is 58.5 Å². The minimum absolute atomic E-state index is 0.0868. The molecule has 0 spiro atoms. The molecule has 0 radical (unpaired) electrons. The molecule has 8 heteroatoms. The molecule has 0 atom stereocenters. The molecule has 31 heavy (non-hydrogen) atoms. The summed E-state index contributed by atoms with van der Waals surface area (Å²) in [5.74, 6) is 0.854. The van der Waals surface area contributed by atoms with E-state index in [2.05, 4.69) is 20.7 Å². The highest BCUT2D eigenvalue weighted by Gasteiger charge is 2.30. The van der Waals surface area contributed by atoms with Crippen LogP contribution in [0.5, 0.6) is 5.75 Å². The summed E-state index contributed by atoms with van der Waals surface area (Å²) in [5.41, 5.74) is 1.00. The molecule has 8 nitrogen and oxygen atoms in total. The van der Waals surface area contributed by atoms with Crippen molar-refractivity contribution in [2.75, 3.05) is 0 Å². The summed E-state index contributed by atoms with van der Waals surface area (Å²) >= 11 is 0. The molecule has 0 aliphatic heterocycles. The highest BCUT2D eigenvalue weighted by molar-refractivity contribution is 5.83. The van der Waals surface area contributed by atoms with Gasteiger partial charge in [-0.25, -0.2) is 9.89 Å². The summed E-state index contributed by atoms with van der Waals surface area (Å²) < 4.78 is 5.21. The van der Waals surface area contributed by atoms with Crippen molar-refractivity contribution in [3.05, 3.63) is 69.5 Å². The van der Waals surface area contributed by atoms with Crippen molar-refractivity contribution in [1.29, 1.82) is 0 Å². The van der Waals surface area contributed by atoms with Crippen LogP contribution < -0.4 is 15.6 Å². The van der Waals surface area contributed by atoms with Gasteiger partial charge in [0.05, 0.1) is 11.1 Å². The number of ether oxygens (including phenoxy) is 1. The zero-order valence-electron chi connectivity index (χ0n) is 17.6. The third-order valence-corrected chi connectivity index (χ3v) is 5.27. The predicted octanol–water partition coefficient (Wildman–Crippen LogP) is 4.85. The van der Waals surface area contributed by atoms with E-state index in [1.54, 1.807) is 6.07 Å². The lowest BCUT2D eigenvalue weighted by Crippen LogP contribution is -2.45. The van der Waals surface area contributed by atoms with Crippen LogP contribution in [0.1, 0.15) is 38.8 Å². The van der Waals surface area contributed by atoms with Gasteiger partial charge in [-0.05, 0) is 67.1 Å². The van der Waals surface area contributed by atoms with Crippen LogP contribution in [0.4, 0.5) is 10.5 Å². The van der Waals surface area contributed by atoms with E-state index >= 15 is 0 Å². The average molecular weight is 422 g/mol. The maximum absolute atomic E-state index is 12.0. The van der Waals surface area contributed by atoms with Crippen molar-refractivity contribution in [2.45, 2.75) is 45.6 Å². The summed E-state index contributed by atoms with van der Waals surface area (Å²) in [6.45, 7) is 4.00. The Balaban J connectivity index is 0.00000132. The molecule has 1 heterocycles. The Bertz CT molecular complexity index is 1090. The van der Waals surface area contributed by atoms with E-state index in [0.29, 0.717) is 17.1 Å². The highest BCUT2D eigenvalue weighted by Crippen LogP contribution is 2.32. The normalized spacial score (nSPS) is 17.1. The van der Waals surface area contributed by atoms with Crippen LogP contribution in [-0.2, 0) is 6.42 Å². The second-order valence-electron chi connectivity index (χ2n) is 7.24. The topological polar surface area (TPSA) is 114 Å². The van der Waals surface area contributed by atoms with Crippen LogP contribution in [0.3, 0.4) is 0 Å². The number of aryl methyl sites for hydroxylation is 1. The number of carbonyl (C=O) groups excluding carboxylic acids is 1. The molecule has 3 aromatic rings. The maximum atomic E-state index is 12.0. The van der Waals surface area contributed by atoms with Gasteiger partial charge in [0.15, 0.2) is 0 Å². The number of nitrogens with one attached hydrogen (secondary N) is 2. The molecule has 2 aromatic carbocycles. The molecule has 1 aromatic heterocycles. The first-order valence-electron chi connectivity index (χ1n) is 10.5. The van der Waals surface area contributed by atoms with Crippen molar-refractivity contribution in [3.63, 3.8) is 0 Å².